The van der Waals surface area contributed by atoms with E-state index >= 15 is 0 Å². The van der Waals surface area contributed by atoms with Crippen LogP contribution in [0.2, 0.25) is 0 Å². The van der Waals surface area contributed by atoms with E-state index in [1.165, 1.54) is 10.9 Å². The number of hydrogen-bond donors (Lipinski definition) is 0. The van der Waals surface area contributed by atoms with Crippen molar-refractivity contribution in [2.24, 2.45) is 7.05 Å². The van der Waals surface area contributed by atoms with Crippen molar-refractivity contribution < 1.29 is 8.42 Å². The summed E-state index contributed by atoms with van der Waals surface area (Å²) in [5.41, 5.74) is 0. The smallest absolute Gasteiger partial charge is 0.246 e. The molecule has 0 spiro atoms. The van der Waals surface area contributed by atoms with Crippen LogP contribution >= 0.6 is 0 Å². The van der Waals surface area contributed by atoms with Gasteiger partial charge in [-0.15, -0.1) is 0 Å². The first kappa shape index (κ1) is 18.1. The van der Waals surface area contributed by atoms with Gasteiger partial charge < -0.3 is 9.47 Å². The fourth-order valence-corrected chi connectivity index (χ4v) is 4.67. The third-order valence-corrected chi connectivity index (χ3v) is 6.53. The third-order valence-electron chi connectivity index (χ3n) is 4.67. The Morgan fingerprint density at radius 2 is 2.00 bits per heavy atom. The summed E-state index contributed by atoms with van der Waals surface area (Å²) in [6.45, 7) is 2.89. The molecule has 0 aliphatic carbocycles. The predicted molar refractivity (Wildman–Crippen MR) is 94.7 cm³/mol. The highest BCUT2D eigenvalue weighted by atomic mass is 32.2. The molecule has 3 heterocycles. The van der Waals surface area contributed by atoms with Crippen LogP contribution in [0.3, 0.4) is 0 Å². The van der Waals surface area contributed by atoms with Gasteiger partial charge in [-0.05, 0) is 26.9 Å². The summed E-state index contributed by atoms with van der Waals surface area (Å²) in [6.07, 6.45) is 8.39. The molecule has 0 amide bonds. The highest BCUT2D eigenvalue weighted by Gasteiger charge is 2.32. The molecular weight excluding hydrogens is 340 g/mol. The first-order chi connectivity index (χ1) is 11.9. The van der Waals surface area contributed by atoms with Gasteiger partial charge in [0.1, 0.15) is 10.7 Å². The molecule has 0 saturated carbocycles. The monoisotopic (exact) mass is 366 g/mol. The van der Waals surface area contributed by atoms with E-state index in [2.05, 4.69) is 33.6 Å². The molecule has 8 nitrogen and oxygen atoms in total. The van der Waals surface area contributed by atoms with Crippen LogP contribution in [0.5, 0.6) is 0 Å². The maximum absolute atomic E-state index is 12.7. The van der Waals surface area contributed by atoms with E-state index in [0.717, 1.165) is 31.8 Å². The van der Waals surface area contributed by atoms with Gasteiger partial charge in [-0.25, -0.2) is 13.4 Å². The number of aromatic nitrogens is 4. The average molecular weight is 366 g/mol. The van der Waals surface area contributed by atoms with E-state index in [-0.39, 0.29) is 4.90 Å². The Labute approximate surface area is 149 Å². The molecule has 3 rings (SSSR count). The van der Waals surface area contributed by atoms with Crippen molar-refractivity contribution in [2.75, 3.05) is 33.7 Å². The molecule has 0 unspecified atom stereocenters. The van der Waals surface area contributed by atoms with E-state index in [9.17, 15) is 8.42 Å². The minimum atomic E-state index is -3.45. The summed E-state index contributed by atoms with van der Waals surface area (Å²) in [4.78, 5) is 6.94. The van der Waals surface area contributed by atoms with E-state index in [1.54, 1.807) is 17.5 Å². The van der Waals surface area contributed by atoms with Gasteiger partial charge in [-0.3, -0.25) is 4.68 Å². The molecule has 2 aromatic rings. The molecule has 25 heavy (non-hydrogen) atoms. The summed E-state index contributed by atoms with van der Waals surface area (Å²) >= 11 is 0. The maximum Gasteiger partial charge on any atom is 0.246 e. The molecule has 1 saturated heterocycles. The summed E-state index contributed by atoms with van der Waals surface area (Å²) in [7, 11) is 2.38. The standard InChI is InChI=1S/C16H26N6O2S/c1-19(2)10-11-21-9-6-17-16(21)14-4-7-22(8-5-14)25(23,24)15-12-18-20(3)13-15/h6,9,12-14H,4-5,7-8,10-11H2,1-3H3. The maximum atomic E-state index is 12.7. The van der Waals surface area contributed by atoms with Gasteiger partial charge in [0, 0.05) is 57.7 Å². The third kappa shape index (κ3) is 3.94. The van der Waals surface area contributed by atoms with Gasteiger partial charge in [0.15, 0.2) is 0 Å². The van der Waals surface area contributed by atoms with Crippen molar-refractivity contribution in [1.82, 2.24) is 28.5 Å². The lowest BCUT2D eigenvalue weighted by molar-refractivity contribution is 0.305. The number of nitrogens with zero attached hydrogens (tertiary/aromatic N) is 6. The van der Waals surface area contributed by atoms with Gasteiger partial charge in [0.05, 0.1) is 6.20 Å². The van der Waals surface area contributed by atoms with Crippen LogP contribution in [-0.2, 0) is 23.6 Å². The lowest BCUT2D eigenvalue weighted by atomic mass is 9.97. The molecule has 0 bridgehead atoms. The van der Waals surface area contributed by atoms with Crippen molar-refractivity contribution in [3.63, 3.8) is 0 Å². The normalized spacial score (nSPS) is 17.4. The Morgan fingerprint density at radius 1 is 1.28 bits per heavy atom. The zero-order valence-corrected chi connectivity index (χ0v) is 15.9. The van der Waals surface area contributed by atoms with Gasteiger partial charge in [-0.2, -0.15) is 9.40 Å². The zero-order valence-electron chi connectivity index (χ0n) is 15.0. The zero-order chi connectivity index (χ0) is 18.0. The van der Waals surface area contributed by atoms with Gasteiger partial charge in [-0.1, -0.05) is 0 Å². The molecule has 0 N–H and O–H groups in total. The number of sulfonamides is 1. The molecule has 1 aliphatic heterocycles. The Morgan fingerprint density at radius 3 is 2.60 bits per heavy atom. The second-order valence-electron chi connectivity index (χ2n) is 6.81. The van der Waals surface area contributed by atoms with Crippen molar-refractivity contribution in [1.29, 1.82) is 0 Å². The quantitative estimate of drug-likeness (QED) is 0.754. The number of imidazole rings is 1. The molecular formula is C16H26N6O2S. The lowest BCUT2D eigenvalue weighted by Gasteiger charge is -2.31. The lowest BCUT2D eigenvalue weighted by Crippen LogP contribution is -2.38. The molecule has 1 aliphatic rings. The Bertz CT molecular complexity index is 802. The van der Waals surface area contributed by atoms with Gasteiger partial charge >= 0.3 is 0 Å². The van der Waals surface area contributed by atoms with Crippen molar-refractivity contribution in [2.45, 2.75) is 30.2 Å². The first-order valence-corrected chi connectivity index (χ1v) is 9.96. The van der Waals surface area contributed by atoms with Crippen LogP contribution in [0.4, 0.5) is 0 Å². The van der Waals surface area contributed by atoms with E-state index in [1.807, 2.05) is 12.4 Å². The van der Waals surface area contributed by atoms with Gasteiger partial charge in [0.25, 0.3) is 0 Å². The van der Waals surface area contributed by atoms with Crippen LogP contribution in [-0.4, -0.2) is 70.7 Å². The van der Waals surface area contributed by atoms with Gasteiger partial charge in [0.2, 0.25) is 10.0 Å². The van der Waals surface area contributed by atoms with Crippen LogP contribution in [0.25, 0.3) is 0 Å². The number of likely N-dealkylation sites (N-methyl/N-ethyl adjacent to an activating group) is 1. The second kappa shape index (κ2) is 7.27. The predicted octanol–water partition coefficient (Wildman–Crippen LogP) is 0.747. The van der Waals surface area contributed by atoms with Crippen molar-refractivity contribution >= 4 is 10.0 Å². The fourth-order valence-electron chi connectivity index (χ4n) is 3.21. The molecule has 1 fully saturated rings. The van der Waals surface area contributed by atoms with Crippen LogP contribution < -0.4 is 0 Å². The second-order valence-corrected chi connectivity index (χ2v) is 8.75. The topological polar surface area (TPSA) is 76.3 Å². The number of hydrogen-bond acceptors (Lipinski definition) is 5. The first-order valence-electron chi connectivity index (χ1n) is 8.52. The Balaban J connectivity index is 1.65. The molecule has 0 aromatic carbocycles. The highest BCUT2D eigenvalue weighted by molar-refractivity contribution is 7.89. The van der Waals surface area contributed by atoms with E-state index in [4.69, 9.17) is 0 Å². The van der Waals surface area contributed by atoms with Crippen molar-refractivity contribution in [3.05, 3.63) is 30.6 Å². The largest absolute Gasteiger partial charge is 0.333 e. The average Bonchev–Trinajstić information content (AvgIpc) is 3.22. The Hall–Kier alpha value is -1.71. The van der Waals surface area contributed by atoms with E-state index in [0.29, 0.717) is 19.0 Å². The summed E-state index contributed by atoms with van der Waals surface area (Å²) < 4.78 is 30.6. The summed E-state index contributed by atoms with van der Waals surface area (Å²) in [5.74, 6) is 1.37. The number of piperidine rings is 1. The van der Waals surface area contributed by atoms with Crippen LogP contribution in [0.15, 0.2) is 29.7 Å². The van der Waals surface area contributed by atoms with E-state index < -0.39 is 10.0 Å². The molecule has 9 heteroatoms. The van der Waals surface area contributed by atoms with Crippen LogP contribution in [0.1, 0.15) is 24.6 Å². The minimum absolute atomic E-state index is 0.265. The Kier molecular flexibility index (Phi) is 5.26. The van der Waals surface area contributed by atoms with Crippen molar-refractivity contribution in [3.8, 4) is 0 Å². The fraction of sp³-hybridized carbons (Fsp3) is 0.625. The number of aryl methyl sites for hydroxylation is 1. The number of rotatable bonds is 6. The summed E-state index contributed by atoms with van der Waals surface area (Å²) in [6, 6.07) is 0. The SMILES string of the molecule is CN(C)CCn1ccnc1C1CCN(S(=O)(=O)c2cnn(C)c2)CC1. The molecule has 138 valence electrons. The minimum Gasteiger partial charge on any atom is -0.333 e. The summed E-state index contributed by atoms with van der Waals surface area (Å²) in [5, 5.41) is 3.97. The molecule has 0 atom stereocenters. The molecule has 2 aromatic heterocycles. The molecule has 0 radical (unpaired) electrons. The van der Waals surface area contributed by atoms with Crippen LogP contribution in [0, 0.1) is 0 Å². The highest BCUT2D eigenvalue weighted by Crippen LogP contribution is 2.29.